The van der Waals surface area contributed by atoms with E-state index in [4.69, 9.17) is 5.73 Å². The molecular formula is C14H22N2O. The number of amides is 1. The Morgan fingerprint density at radius 2 is 1.82 bits per heavy atom. The third kappa shape index (κ3) is 4.89. The highest BCUT2D eigenvalue weighted by Crippen LogP contribution is 2.20. The fourth-order valence-electron chi connectivity index (χ4n) is 1.69. The summed E-state index contributed by atoms with van der Waals surface area (Å²) in [4.78, 5) is 11.8. The monoisotopic (exact) mass is 234 g/mol. The molecule has 1 rings (SSSR count). The molecule has 0 aromatic heterocycles. The van der Waals surface area contributed by atoms with Gasteiger partial charge in [-0.05, 0) is 44.4 Å². The van der Waals surface area contributed by atoms with E-state index in [1.807, 2.05) is 52.0 Å². The molecule has 17 heavy (non-hydrogen) atoms. The van der Waals surface area contributed by atoms with Gasteiger partial charge in [0.25, 0.3) is 0 Å². The molecule has 0 fully saturated rings. The molecule has 0 saturated carbocycles. The Morgan fingerprint density at radius 1 is 1.29 bits per heavy atom. The summed E-state index contributed by atoms with van der Waals surface area (Å²) in [5.74, 6) is 0.291. The molecule has 0 bridgehead atoms. The van der Waals surface area contributed by atoms with Gasteiger partial charge in [-0.1, -0.05) is 19.1 Å². The first-order valence-corrected chi connectivity index (χ1v) is 5.94. The van der Waals surface area contributed by atoms with Crippen LogP contribution < -0.4 is 11.1 Å². The maximum atomic E-state index is 11.8. The Morgan fingerprint density at radius 3 is 2.29 bits per heavy atom. The lowest BCUT2D eigenvalue weighted by molar-refractivity contribution is -0.122. The molecule has 0 heterocycles. The van der Waals surface area contributed by atoms with Crippen LogP contribution in [0.3, 0.4) is 0 Å². The van der Waals surface area contributed by atoms with Crippen molar-refractivity contribution in [2.75, 3.05) is 5.73 Å². The van der Waals surface area contributed by atoms with Gasteiger partial charge < -0.3 is 11.1 Å². The zero-order chi connectivity index (χ0) is 13.1. The Balaban J connectivity index is 2.57. The number of hydrogen-bond acceptors (Lipinski definition) is 2. The smallest absolute Gasteiger partial charge is 0.220 e. The van der Waals surface area contributed by atoms with Crippen LogP contribution in [0.2, 0.25) is 0 Å². The van der Waals surface area contributed by atoms with Crippen LogP contribution in [0, 0.1) is 0 Å². The van der Waals surface area contributed by atoms with Crippen molar-refractivity contribution in [3.05, 3.63) is 29.8 Å². The molecule has 0 aliphatic carbocycles. The summed E-state index contributed by atoms with van der Waals surface area (Å²) in [6.45, 7) is 8.00. The summed E-state index contributed by atoms with van der Waals surface area (Å²) in [6, 6.07) is 7.69. The maximum absolute atomic E-state index is 11.8. The molecule has 0 spiro atoms. The van der Waals surface area contributed by atoms with E-state index in [-0.39, 0.29) is 17.4 Å². The van der Waals surface area contributed by atoms with Crippen LogP contribution in [0.5, 0.6) is 0 Å². The van der Waals surface area contributed by atoms with E-state index in [2.05, 4.69) is 5.32 Å². The number of nitrogens with one attached hydrogen (secondary N) is 1. The predicted molar refractivity (Wildman–Crippen MR) is 71.8 cm³/mol. The summed E-state index contributed by atoms with van der Waals surface area (Å²) in [6.07, 6.45) is 0.501. The Labute approximate surface area is 103 Å². The van der Waals surface area contributed by atoms with Crippen LogP contribution in [0.15, 0.2) is 24.3 Å². The van der Waals surface area contributed by atoms with Crippen LogP contribution in [-0.4, -0.2) is 11.4 Å². The Hall–Kier alpha value is -1.51. The molecule has 0 aliphatic rings. The van der Waals surface area contributed by atoms with Crippen molar-refractivity contribution in [2.24, 2.45) is 0 Å². The fraction of sp³-hybridized carbons (Fsp3) is 0.500. The summed E-state index contributed by atoms with van der Waals surface area (Å²) in [7, 11) is 0. The third-order valence-electron chi connectivity index (χ3n) is 2.51. The van der Waals surface area contributed by atoms with Gasteiger partial charge in [-0.2, -0.15) is 0 Å². The van der Waals surface area contributed by atoms with Crippen molar-refractivity contribution >= 4 is 11.6 Å². The number of nitrogen functional groups attached to an aromatic ring is 1. The number of benzene rings is 1. The highest BCUT2D eigenvalue weighted by molar-refractivity contribution is 5.77. The van der Waals surface area contributed by atoms with Crippen molar-refractivity contribution in [2.45, 2.75) is 45.6 Å². The van der Waals surface area contributed by atoms with Gasteiger partial charge in [-0.25, -0.2) is 0 Å². The minimum atomic E-state index is -0.169. The Bertz CT molecular complexity index is 376. The van der Waals surface area contributed by atoms with Gasteiger partial charge in [0.05, 0.1) is 0 Å². The van der Waals surface area contributed by atoms with E-state index in [0.717, 1.165) is 11.3 Å². The Kier molecular flexibility index (Phi) is 4.16. The lowest BCUT2D eigenvalue weighted by atomic mass is 9.96. The van der Waals surface area contributed by atoms with Crippen molar-refractivity contribution < 1.29 is 4.79 Å². The van der Waals surface area contributed by atoms with Crippen molar-refractivity contribution in [3.63, 3.8) is 0 Å². The minimum absolute atomic E-state index is 0.0850. The normalized spacial score (nSPS) is 13.2. The van der Waals surface area contributed by atoms with Crippen molar-refractivity contribution in [1.82, 2.24) is 5.32 Å². The van der Waals surface area contributed by atoms with Gasteiger partial charge in [0.2, 0.25) is 5.91 Å². The summed E-state index contributed by atoms with van der Waals surface area (Å²) in [5, 5.41) is 2.97. The highest BCUT2D eigenvalue weighted by atomic mass is 16.1. The van der Waals surface area contributed by atoms with E-state index in [1.54, 1.807) is 0 Å². The van der Waals surface area contributed by atoms with Crippen molar-refractivity contribution in [1.29, 1.82) is 0 Å². The molecular weight excluding hydrogens is 212 g/mol. The second-order valence-electron chi connectivity index (χ2n) is 5.57. The topological polar surface area (TPSA) is 55.1 Å². The number of carbonyl (C=O) groups excluding carboxylic acids is 1. The van der Waals surface area contributed by atoms with Gasteiger partial charge in [-0.15, -0.1) is 0 Å². The summed E-state index contributed by atoms with van der Waals surface area (Å²) < 4.78 is 0. The molecule has 3 heteroatoms. The van der Waals surface area contributed by atoms with E-state index in [9.17, 15) is 4.79 Å². The molecule has 0 radical (unpaired) electrons. The zero-order valence-electron chi connectivity index (χ0n) is 11.1. The third-order valence-corrected chi connectivity index (χ3v) is 2.51. The van der Waals surface area contributed by atoms with E-state index < -0.39 is 0 Å². The second kappa shape index (κ2) is 5.21. The van der Waals surface area contributed by atoms with Crippen LogP contribution in [0.1, 0.15) is 45.6 Å². The first-order valence-electron chi connectivity index (χ1n) is 5.94. The van der Waals surface area contributed by atoms with Gasteiger partial charge >= 0.3 is 0 Å². The largest absolute Gasteiger partial charge is 0.399 e. The van der Waals surface area contributed by atoms with Gasteiger partial charge in [0.15, 0.2) is 0 Å². The summed E-state index contributed by atoms with van der Waals surface area (Å²) >= 11 is 0. The number of rotatable bonds is 3. The van der Waals surface area contributed by atoms with Crippen LogP contribution >= 0.6 is 0 Å². The van der Waals surface area contributed by atoms with Gasteiger partial charge in [0.1, 0.15) is 0 Å². The highest BCUT2D eigenvalue weighted by Gasteiger charge is 2.16. The predicted octanol–water partition coefficient (Wildman–Crippen LogP) is 2.68. The lowest BCUT2D eigenvalue weighted by Crippen LogP contribution is -2.40. The standard InChI is InChI=1S/C14H22N2O/c1-10(9-13(17)16-14(2,3)4)11-5-7-12(15)8-6-11/h5-8,10H,9,15H2,1-4H3,(H,16,17). The molecule has 1 atom stereocenters. The average Bonchev–Trinajstić information content (AvgIpc) is 2.15. The first kappa shape index (κ1) is 13.6. The SMILES string of the molecule is CC(CC(=O)NC(C)(C)C)c1ccc(N)cc1. The van der Waals surface area contributed by atoms with Crippen LogP contribution in [-0.2, 0) is 4.79 Å². The van der Waals surface area contributed by atoms with E-state index in [1.165, 1.54) is 0 Å². The fourth-order valence-corrected chi connectivity index (χ4v) is 1.69. The molecule has 3 nitrogen and oxygen atoms in total. The molecule has 0 aliphatic heterocycles. The van der Waals surface area contributed by atoms with Gasteiger partial charge in [-0.3, -0.25) is 4.79 Å². The summed E-state index contributed by atoms with van der Waals surface area (Å²) in [5.41, 5.74) is 7.36. The molecule has 0 saturated heterocycles. The molecule has 1 aromatic carbocycles. The molecule has 94 valence electrons. The molecule has 3 N–H and O–H groups in total. The van der Waals surface area contributed by atoms with Crippen molar-refractivity contribution in [3.8, 4) is 0 Å². The number of nitrogens with two attached hydrogens (primary N) is 1. The number of carbonyl (C=O) groups is 1. The average molecular weight is 234 g/mol. The van der Waals surface area contributed by atoms with Crippen LogP contribution in [0.25, 0.3) is 0 Å². The lowest BCUT2D eigenvalue weighted by Gasteiger charge is -2.22. The number of anilines is 1. The molecule has 1 aromatic rings. The first-order chi connectivity index (χ1) is 7.78. The second-order valence-corrected chi connectivity index (χ2v) is 5.57. The molecule has 1 unspecified atom stereocenters. The van der Waals surface area contributed by atoms with E-state index in [0.29, 0.717) is 6.42 Å². The number of hydrogen-bond donors (Lipinski definition) is 2. The minimum Gasteiger partial charge on any atom is -0.399 e. The zero-order valence-corrected chi connectivity index (χ0v) is 11.1. The maximum Gasteiger partial charge on any atom is 0.220 e. The molecule has 1 amide bonds. The quantitative estimate of drug-likeness (QED) is 0.790. The van der Waals surface area contributed by atoms with Gasteiger partial charge in [0, 0.05) is 17.6 Å². The van der Waals surface area contributed by atoms with Crippen LogP contribution in [0.4, 0.5) is 5.69 Å². The van der Waals surface area contributed by atoms with E-state index >= 15 is 0 Å².